The van der Waals surface area contributed by atoms with Crippen LogP contribution >= 0.6 is 11.6 Å². The number of rotatable bonds is 4. The van der Waals surface area contributed by atoms with Gasteiger partial charge in [0.15, 0.2) is 17.5 Å². The van der Waals surface area contributed by atoms with Gasteiger partial charge in [0.25, 0.3) is 0 Å². The molecule has 6 heteroatoms. The molecule has 0 aromatic heterocycles. The molecule has 3 rings (SSSR count). The number of para-hydroxylation sites is 1. The minimum atomic E-state index is 0.389. The van der Waals surface area contributed by atoms with Crippen molar-refractivity contribution >= 4 is 23.2 Å². The maximum Gasteiger partial charge on any atom is 0.193 e. The number of benzene rings is 2. The fourth-order valence-corrected chi connectivity index (χ4v) is 2.61. The number of fused-ring (bicyclic) bond motifs is 1. The fourth-order valence-electron chi connectivity index (χ4n) is 2.32. The highest BCUT2D eigenvalue weighted by Crippen LogP contribution is 2.38. The molecule has 0 atom stereocenters. The smallest absolute Gasteiger partial charge is 0.193 e. The van der Waals surface area contributed by atoms with Gasteiger partial charge in [-0.3, -0.25) is 4.99 Å². The van der Waals surface area contributed by atoms with E-state index in [9.17, 15) is 0 Å². The van der Waals surface area contributed by atoms with Crippen molar-refractivity contribution in [3.63, 3.8) is 0 Å². The Morgan fingerprint density at radius 3 is 2.78 bits per heavy atom. The number of halogens is 1. The number of nitrogens with two attached hydrogens (primary N) is 1. The van der Waals surface area contributed by atoms with Crippen LogP contribution < -0.4 is 20.5 Å². The summed E-state index contributed by atoms with van der Waals surface area (Å²) in [6.07, 6.45) is 0.716. The highest BCUT2D eigenvalue weighted by atomic mass is 35.5. The first-order chi connectivity index (χ1) is 11.2. The lowest BCUT2D eigenvalue weighted by Crippen LogP contribution is -2.23. The fraction of sp³-hybridized carbons (Fsp3) is 0.235. The lowest BCUT2D eigenvalue weighted by molar-refractivity contribution is 0.171. The van der Waals surface area contributed by atoms with E-state index < -0.39 is 0 Å². The quantitative estimate of drug-likeness (QED) is 0.667. The number of hydrogen-bond donors (Lipinski definition) is 2. The van der Waals surface area contributed by atoms with Gasteiger partial charge in [0.2, 0.25) is 0 Å². The van der Waals surface area contributed by atoms with Gasteiger partial charge in [0.05, 0.1) is 5.02 Å². The van der Waals surface area contributed by atoms with Crippen molar-refractivity contribution in [2.45, 2.75) is 6.42 Å². The molecular weight excluding hydrogens is 314 g/mol. The predicted molar refractivity (Wildman–Crippen MR) is 92.7 cm³/mol. The second kappa shape index (κ2) is 7.24. The highest BCUT2D eigenvalue weighted by molar-refractivity contribution is 6.32. The molecule has 1 heterocycles. The van der Waals surface area contributed by atoms with Crippen LogP contribution in [0.15, 0.2) is 47.5 Å². The maximum atomic E-state index is 6.22. The summed E-state index contributed by atoms with van der Waals surface area (Å²) in [7, 11) is 0. The van der Waals surface area contributed by atoms with Gasteiger partial charge < -0.3 is 20.5 Å². The molecular formula is C17H18ClN3O2. The predicted octanol–water partition coefficient (Wildman–Crippen LogP) is 3.08. The number of guanidine groups is 1. The Hall–Kier alpha value is -2.40. The molecule has 0 amide bonds. The number of hydrogen-bond acceptors (Lipinski definition) is 3. The highest BCUT2D eigenvalue weighted by Gasteiger charge is 2.16. The molecule has 0 saturated heterocycles. The zero-order valence-corrected chi connectivity index (χ0v) is 13.3. The van der Waals surface area contributed by atoms with E-state index in [1.165, 1.54) is 0 Å². The van der Waals surface area contributed by atoms with Gasteiger partial charge in [-0.25, -0.2) is 0 Å². The van der Waals surface area contributed by atoms with Gasteiger partial charge >= 0.3 is 0 Å². The zero-order valence-electron chi connectivity index (χ0n) is 12.6. The van der Waals surface area contributed by atoms with Crippen molar-refractivity contribution in [1.82, 2.24) is 0 Å². The van der Waals surface area contributed by atoms with Gasteiger partial charge in [-0.1, -0.05) is 29.8 Å². The summed E-state index contributed by atoms with van der Waals surface area (Å²) in [6, 6.07) is 13.5. The largest absolute Gasteiger partial charge is 0.486 e. The molecule has 0 saturated carbocycles. The van der Waals surface area contributed by atoms with Crippen LogP contribution in [-0.2, 0) is 6.42 Å². The standard InChI is InChI=1S/C17H18ClN3O2/c18-14-10-12(11-15-16(14)23-9-8-22-15)6-7-20-17(19)21-13-4-2-1-3-5-13/h1-5,10-11H,6-9H2,(H3,19,20,21). The summed E-state index contributed by atoms with van der Waals surface area (Å²) in [5, 5.41) is 3.61. The van der Waals surface area contributed by atoms with E-state index in [0.717, 1.165) is 11.3 Å². The molecule has 2 aromatic carbocycles. The first-order valence-electron chi connectivity index (χ1n) is 7.42. The number of ether oxygens (including phenoxy) is 2. The van der Waals surface area contributed by atoms with E-state index in [-0.39, 0.29) is 0 Å². The number of nitrogens with one attached hydrogen (secondary N) is 1. The summed E-state index contributed by atoms with van der Waals surface area (Å²) in [6.45, 7) is 1.62. The summed E-state index contributed by atoms with van der Waals surface area (Å²) in [4.78, 5) is 4.32. The molecule has 5 nitrogen and oxygen atoms in total. The van der Waals surface area contributed by atoms with E-state index in [1.807, 2.05) is 42.5 Å². The van der Waals surface area contributed by atoms with Gasteiger partial charge in [-0.2, -0.15) is 0 Å². The molecule has 1 aliphatic rings. The van der Waals surface area contributed by atoms with Crippen molar-refractivity contribution in [3.05, 3.63) is 53.1 Å². The van der Waals surface area contributed by atoms with Crippen LogP contribution in [0.4, 0.5) is 5.69 Å². The van der Waals surface area contributed by atoms with E-state index in [2.05, 4.69) is 10.3 Å². The molecule has 0 fully saturated rings. The monoisotopic (exact) mass is 331 g/mol. The molecule has 120 valence electrons. The van der Waals surface area contributed by atoms with Crippen LogP contribution in [0.2, 0.25) is 5.02 Å². The molecule has 0 unspecified atom stereocenters. The van der Waals surface area contributed by atoms with E-state index in [1.54, 1.807) is 0 Å². The summed E-state index contributed by atoms with van der Waals surface area (Å²) < 4.78 is 11.1. The van der Waals surface area contributed by atoms with Crippen LogP contribution in [0.25, 0.3) is 0 Å². The lowest BCUT2D eigenvalue weighted by Gasteiger charge is -2.20. The zero-order chi connectivity index (χ0) is 16.1. The number of aliphatic imine (C=N–C) groups is 1. The molecule has 23 heavy (non-hydrogen) atoms. The topological polar surface area (TPSA) is 68.9 Å². The van der Waals surface area contributed by atoms with Crippen molar-refractivity contribution in [1.29, 1.82) is 0 Å². The van der Waals surface area contributed by atoms with Gasteiger partial charge in [0.1, 0.15) is 13.2 Å². The summed E-state index contributed by atoms with van der Waals surface area (Å²) in [5.74, 6) is 1.70. The van der Waals surface area contributed by atoms with Crippen LogP contribution in [0.1, 0.15) is 5.56 Å². The molecule has 0 bridgehead atoms. The Morgan fingerprint density at radius 2 is 1.96 bits per heavy atom. The Labute approximate surface area is 140 Å². The van der Waals surface area contributed by atoms with Crippen molar-refractivity contribution in [3.8, 4) is 11.5 Å². The molecule has 1 aliphatic heterocycles. The van der Waals surface area contributed by atoms with Crippen molar-refractivity contribution in [2.75, 3.05) is 25.1 Å². The second-order valence-corrected chi connectivity index (χ2v) is 5.52. The third kappa shape index (κ3) is 4.07. The average Bonchev–Trinajstić information content (AvgIpc) is 2.56. The molecule has 0 aliphatic carbocycles. The SMILES string of the molecule is NC(=NCCc1cc(Cl)c2c(c1)OCCO2)Nc1ccccc1. The molecule has 3 N–H and O–H groups in total. The van der Waals surface area contributed by atoms with Crippen molar-refractivity contribution in [2.24, 2.45) is 10.7 Å². The lowest BCUT2D eigenvalue weighted by atomic mass is 10.1. The summed E-state index contributed by atoms with van der Waals surface area (Å²) in [5.41, 5.74) is 7.83. The first-order valence-corrected chi connectivity index (χ1v) is 7.80. The first kappa shape index (κ1) is 15.5. The number of anilines is 1. The van der Waals surface area contributed by atoms with E-state index in [4.69, 9.17) is 26.8 Å². The average molecular weight is 332 g/mol. The third-order valence-electron chi connectivity index (χ3n) is 3.39. The van der Waals surface area contributed by atoms with Gasteiger partial charge in [-0.15, -0.1) is 0 Å². The maximum absolute atomic E-state index is 6.22. The Kier molecular flexibility index (Phi) is 4.88. The Bertz CT molecular complexity index is 704. The Morgan fingerprint density at radius 1 is 1.17 bits per heavy atom. The van der Waals surface area contributed by atoms with Crippen LogP contribution in [0.3, 0.4) is 0 Å². The minimum Gasteiger partial charge on any atom is -0.486 e. The summed E-state index contributed by atoms with van der Waals surface area (Å²) >= 11 is 6.22. The van der Waals surface area contributed by atoms with E-state index >= 15 is 0 Å². The van der Waals surface area contributed by atoms with Gasteiger partial charge in [-0.05, 0) is 36.2 Å². The van der Waals surface area contributed by atoms with E-state index in [0.29, 0.717) is 48.7 Å². The van der Waals surface area contributed by atoms with Crippen LogP contribution in [0.5, 0.6) is 11.5 Å². The van der Waals surface area contributed by atoms with Crippen LogP contribution in [0, 0.1) is 0 Å². The normalized spacial score (nSPS) is 13.7. The minimum absolute atomic E-state index is 0.389. The third-order valence-corrected chi connectivity index (χ3v) is 3.67. The Balaban J connectivity index is 1.60. The second-order valence-electron chi connectivity index (χ2n) is 5.11. The van der Waals surface area contributed by atoms with Crippen molar-refractivity contribution < 1.29 is 9.47 Å². The van der Waals surface area contributed by atoms with Gasteiger partial charge in [0, 0.05) is 12.2 Å². The molecule has 0 radical (unpaired) electrons. The molecule has 2 aromatic rings. The van der Waals surface area contributed by atoms with Crippen LogP contribution in [-0.4, -0.2) is 25.7 Å². The molecule has 0 spiro atoms. The number of nitrogens with zero attached hydrogens (tertiary/aromatic N) is 1.